The molecule has 4 aromatic rings. The molecular formula is C20H15F2N5OS. The number of nitrogens with zero attached hydrogens (tertiary/aromatic N) is 5. The number of hydrogen-bond acceptors (Lipinski definition) is 5. The van der Waals surface area contributed by atoms with Gasteiger partial charge in [-0.25, -0.2) is 23.3 Å². The number of fused-ring (bicyclic) bond motifs is 1. The van der Waals surface area contributed by atoms with Gasteiger partial charge in [0.2, 0.25) is 0 Å². The Morgan fingerprint density at radius 3 is 3.07 bits per heavy atom. The van der Waals surface area contributed by atoms with Crippen LogP contribution in [0, 0.1) is 11.6 Å². The largest absolute Gasteiger partial charge is 0.330 e. The minimum atomic E-state index is -0.516. The van der Waals surface area contributed by atoms with Gasteiger partial charge in [0, 0.05) is 29.9 Å². The highest BCUT2D eigenvalue weighted by Gasteiger charge is 2.33. The highest BCUT2D eigenvalue weighted by atomic mass is 32.1. The zero-order chi connectivity index (χ0) is 20.0. The van der Waals surface area contributed by atoms with Crippen LogP contribution in [0.25, 0.3) is 16.2 Å². The standard InChI is InChI=1S/C20H15F2N5OS/c21-12-4-5-15(22)13(9-12)17-3-1-7-26(17)20(28)16-11-29-19(25-16)14-10-24-27-8-2-6-23-18(14)27/h2,4-6,8-11,17H,1,3,7H2. The van der Waals surface area contributed by atoms with Gasteiger partial charge in [0.15, 0.2) is 5.65 Å². The monoisotopic (exact) mass is 411 g/mol. The highest BCUT2D eigenvalue weighted by Crippen LogP contribution is 2.35. The molecule has 1 atom stereocenters. The van der Waals surface area contributed by atoms with Crippen molar-refractivity contribution in [3.8, 4) is 10.6 Å². The van der Waals surface area contributed by atoms with E-state index in [4.69, 9.17) is 0 Å². The van der Waals surface area contributed by atoms with Gasteiger partial charge in [-0.05, 0) is 37.1 Å². The van der Waals surface area contributed by atoms with Crippen LogP contribution in [0.1, 0.15) is 34.9 Å². The topological polar surface area (TPSA) is 63.4 Å². The van der Waals surface area contributed by atoms with E-state index in [1.165, 1.54) is 17.4 Å². The first-order valence-electron chi connectivity index (χ1n) is 9.12. The number of carbonyl (C=O) groups excluding carboxylic acids is 1. The Kier molecular flexibility index (Phi) is 4.31. The van der Waals surface area contributed by atoms with E-state index in [2.05, 4.69) is 15.1 Å². The summed E-state index contributed by atoms with van der Waals surface area (Å²) in [7, 11) is 0. The first-order valence-corrected chi connectivity index (χ1v) is 10.00. The third kappa shape index (κ3) is 3.07. The summed E-state index contributed by atoms with van der Waals surface area (Å²) >= 11 is 1.33. The number of carbonyl (C=O) groups is 1. The maximum absolute atomic E-state index is 14.3. The summed E-state index contributed by atoms with van der Waals surface area (Å²) in [6, 6.07) is 4.63. The Hall–Kier alpha value is -3.20. The van der Waals surface area contributed by atoms with E-state index in [0.717, 1.165) is 24.1 Å². The Morgan fingerprint density at radius 2 is 2.17 bits per heavy atom. The van der Waals surface area contributed by atoms with E-state index in [-0.39, 0.29) is 17.2 Å². The van der Waals surface area contributed by atoms with Gasteiger partial charge in [-0.3, -0.25) is 4.79 Å². The van der Waals surface area contributed by atoms with E-state index in [9.17, 15) is 13.6 Å². The van der Waals surface area contributed by atoms with Crippen molar-refractivity contribution in [3.63, 3.8) is 0 Å². The summed E-state index contributed by atoms with van der Waals surface area (Å²) in [5, 5.41) is 6.56. The lowest BCUT2D eigenvalue weighted by molar-refractivity contribution is 0.0728. The summed E-state index contributed by atoms with van der Waals surface area (Å²) < 4.78 is 29.6. The first kappa shape index (κ1) is 17.9. The summed E-state index contributed by atoms with van der Waals surface area (Å²) in [6.07, 6.45) is 6.43. The van der Waals surface area contributed by atoms with Crippen LogP contribution in [0.15, 0.2) is 48.2 Å². The van der Waals surface area contributed by atoms with Crippen molar-refractivity contribution in [1.29, 1.82) is 0 Å². The second kappa shape index (κ2) is 7.00. The van der Waals surface area contributed by atoms with Gasteiger partial charge in [0.1, 0.15) is 22.3 Å². The molecule has 1 amide bonds. The number of benzene rings is 1. The summed E-state index contributed by atoms with van der Waals surface area (Å²) in [5.74, 6) is -1.31. The fourth-order valence-electron chi connectivity index (χ4n) is 3.72. The molecule has 1 aliphatic heterocycles. The highest BCUT2D eigenvalue weighted by molar-refractivity contribution is 7.13. The van der Waals surface area contributed by atoms with Gasteiger partial charge in [-0.2, -0.15) is 5.10 Å². The average molecular weight is 411 g/mol. The predicted octanol–water partition coefficient (Wildman–Crippen LogP) is 4.11. The SMILES string of the molecule is O=C(c1csc(-c2cnn3cccnc23)n1)N1CCCC1c1cc(F)ccc1F. The maximum Gasteiger partial charge on any atom is 0.273 e. The van der Waals surface area contributed by atoms with Crippen molar-refractivity contribution in [2.45, 2.75) is 18.9 Å². The zero-order valence-corrected chi connectivity index (χ0v) is 15.9. The quantitative estimate of drug-likeness (QED) is 0.509. The maximum atomic E-state index is 14.3. The lowest BCUT2D eigenvalue weighted by Crippen LogP contribution is -2.31. The molecule has 1 unspecified atom stereocenters. The Bertz CT molecular complexity index is 1220. The lowest BCUT2D eigenvalue weighted by Gasteiger charge is -2.24. The van der Waals surface area contributed by atoms with Crippen molar-refractivity contribution in [2.24, 2.45) is 0 Å². The second-order valence-electron chi connectivity index (χ2n) is 6.81. The third-order valence-electron chi connectivity index (χ3n) is 5.06. The molecule has 1 aliphatic rings. The number of hydrogen-bond donors (Lipinski definition) is 0. The molecule has 1 fully saturated rings. The van der Waals surface area contributed by atoms with Crippen LogP contribution in [-0.4, -0.2) is 36.9 Å². The number of aromatic nitrogens is 4. The summed E-state index contributed by atoms with van der Waals surface area (Å²) in [5.41, 5.74) is 1.88. The van der Waals surface area contributed by atoms with Crippen LogP contribution >= 0.6 is 11.3 Å². The molecule has 1 aromatic carbocycles. The molecule has 0 spiro atoms. The van der Waals surface area contributed by atoms with Gasteiger partial charge in [-0.15, -0.1) is 11.3 Å². The molecule has 0 saturated carbocycles. The van der Waals surface area contributed by atoms with Crippen molar-refractivity contribution in [2.75, 3.05) is 6.54 Å². The first-order chi connectivity index (χ1) is 14.1. The van der Waals surface area contributed by atoms with E-state index in [1.807, 2.05) is 0 Å². The molecule has 0 bridgehead atoms. The van der Waals surface area contributed by atoms with Gasteiger partial charge >= 0.3 is 0 Å². The van der Waals surface area contributed by atoms with E-state index in [1.54, 1.807) is 39.5 Å². The van der Waals surface area contributed by atoms with Crippen LogP contribution in [0.2, 0.25) is 0 Å². The van der Waals surface area contributed by atoms with Crippen LogP contribution < -0.4 is 0 Å². The Balaban J connectivity index is 1.46. The number of thiazole rings is 1. The van der Waals surface area contributed by atoms with Crippen LogP contribution in [0.4, 0.5) is 8.78 Å². The van der Waals surface area contributed by atoms with Crippen LogP contribution in [-0.2, 0) is 0 Å². The van der Waals surface area contributed by atoms with Crippen molar-refractivity contribution >= 4 is 22.9 Å². The molecule has 29 heavy (non-hydrogen) atoms. The third-order valence-corrected chi connectivity index (χ3v) is 5.94. The van der Waals surface area contributed by atoms with Crippen molar-refractivity contribution in [1.82, 2.24) is 24.5 Å². The smallest absolute Gasteiger partial charge is 0.273 e. The minimum Gasteiger partial charge on any atom is -0.330 e. The molecule has 0 radical (unpaired) electrons. The molecule has 5 rings (SSSR count). The van der Waals surface area contributed by atoms with Crippen molar-refractivity contribution in [3.05, 3.63) is 71.1 Å². The molecule has 146 valence electrons. The zero-order valence-electron chi connectivity index (χ0n) is 15.1. The Labute approximate surface area is 168 Å². The fourth-order valence-corrected chi connectivity index (χ4v) is 4.52. The van der Waals surface area contributed by atoms with Gasteiger partial charge in [0.05, 0.1) is 17.8 Å². The molecule has 0 aliphatic carbocycles. The normalized spacial score (nSPS) is 16.6. The second-order valence-corrected chi connectivity index (χ2v) is 7.66. The van der Waals surface area contributed by atoms with Crippen LogP contribution in [0.3, 0.4) is 0 Å². The molecule has 1 saturated heterocycles. The average Bonchev–Trinajstić information content (AvgIpc) is 3.47. The fraction of sp³-hybridized carbons (Fsp3) is 0.200. The van der Waals surface area contributed by atoms with E-state index < -0.39 is 17.7 Å². The minimum absolute atomic E-state index is 0.207. The van der Waals surface area contributed by atoms with Gasteiger partial charge in [0.25, 0.3) is 5.91 Å². The molecule has 0 N–H and O–H groups in total. The molecule has 6 nitrogen and oxygen atoms in total. The number of amides is 1. The number of rotatable bonds is 3. The van der Waals surface area contributed by atoms with Crippen molar-refractivity contribution < 1.29 is 13.6 Å². The molecule has 3 aromatic heterocycles. The van der Waals surface area contributed by atoms with Gasteiger partial charge in [-0.1, -0.05) is 0 Å². The summed E-state index contributed by atoms with van der Waals surface area (Å²) in [4.78, 5) is 23.5. The predicted molar refractivity (Wildman–Crippen MR) is 103 cm³/mol. The Morgan fingerprint density at radius 1 is 1.28 bits per heavy atom. The van der Waals surface area contributed by atoms with E-state index in [0.29, 0.717) is 23.6 Å². The molecular weight excluding hydrogens is 396 g/mol. The molecule has 4 heterocycles. The van der Waals surface area contributed by atoms with Gasteiger partial charge < -0.3 is 4.90 Å². The van der Waals surface area contributed by atoms with E-state index >= 15 is 0 Å². The molecule has 9 heteroatoms. The number of halogens is 2. The number of likely N-dealkylation sites (tertiary alicyclic amines) is 1. The summed E-state index contributed by atoms with van der Waals surface area (Å²) in [6.45, 7) is 0.477. The van der Waals surface area contributed by atoms with Crippen LogP contribution in [0.5, 0.6) is 0 Å². The lowest BCUT2D eigenvalue weighted by atomic mass is 10.0.